The second-order valence-corrected chi connectivity index (χ2v) is 9.32. The quantitative estimate of drug-likeness (QED) is 0.341. The van der Waals surface area contributed by atoms with E-state index < -0.39 is 10.4 Å². The van der Waals surface area contributed by atoms with Crippen LogP contribution in [0, 0.1) is 13.8 Å². The first-order valence-corrected chi connectivity index (χ1v) is 11.1. The molecule has 29 heavy (non-hydrogen) atoms. The summed E-state index contributed by atoms with van der Waals surface area (Å²) in [6, 6.07) is 11.2. The van der Waals surface area contributed by atoms with Crippen LogP contribution in [0.3, 0.4) is 0 Å². The van der Waals surface area contributed by atoms with Gasteiger partial charge in [-0.15, -0.1) is 0 Å². The van der Waals surface area contributed by atoms with Crippen molar-refractivity contribution in [2.75, 3.05) is 4.72 Å². The fraction of sp³-hybridized carbons (Fsp3) is 0.150. The van der Waals surface area contributed by atoms with Crippen LogP contribution in [0.25, 0.3) is 22.0 Å². The maximum absolute atomic E-state index is 13.1. The topological polar surface area (TPSA) is 82.9 Å². The molecule has 150 valence electrons. The van der Waals surface area contributed by atoms with Crippen molar-refractivity contribution in [1.82, 2.24) is 14.8 Å². The molecule has 1 atom stereocenters. The SMILES string of the molecule is Cc1nn(C)c(C)c1N[S+](=O)(O)c1c(Cl)cc(-c2ccc3[nH]ccc3c2)cc1Cl. The summed E-state index contributed by atoms with van der Waals surface area (Å²) in [4.78, 5) is 3.10. The van der Waals surface area contributed by atoms with Crippen molar-refractivity contribution in [1.29, 1.82) is 0 Å². The number of aryl methyl sites for hydroxylation is 2. The van der Waals surface area contributed by atoms with Gasteiger partial charge in [0.05, 0.1) is 11.4 Å². The number of benzene rings is 2. The maximum atomic E-state index is 13.1. The van der Waals surface area contributed by atoms with Crippen LogP contribution in [0.4, 0.5) is 5.69 Å². The van der Waals surface area contributed by atoms with Crippen molar-refractivity contribution in [2.24, 2.45) is 7.05 Å². The number of aromatic amines is 1. The van der Waals surface area contributed by atoms with Gasteiger partial charge in [-0.3, -0.25) is 4.68 Å². The fourth-order valence-corrected chi connectivity index (χ4v) is 5.77. The number of H-pyrrole nitrogens is 1. The van der Waals surface area contributed by atoms with Crippen LogP contribution in [-0.4, -0.2) is 19.3 Å². The molecule has 0 bridgehead atoms. The Morgan fingerprint density at radius 3 is 2.41 bits per heavy atom. The second kappa shape index (κ2) is 7.18. The van der Waals surface area contributed by atoms with E-state index in [0.29, 0.717) is 11.4 Å². The van der Waals surface area contributed by atoms with Gasteiger partial charge in [-0.05, 0) is 64.9 Å². The molecule has 0 aliphatic carbocycles. The molecule has 4 aromatic rings. The van der Waals surface area contributed by atoms with Crippen LogP contribution in [0.15, 0.2) is 47.5 Å². The molecule has 0 amide bonds. The average Bonchev–Trinajstić information content (AvgIpc) is 3.20. The van der Waals surface area contributed by atoms with E-state index in [2.05, 4.69) is 14.8 Å². The van der Waals surface area contributed by atoms with Crippen LogP contribution in [0.5, 0.6) is 0 Å². The molecule has 6 nitrogen and oxygen atoms in total. The molecule has 2 heterocycles. The van der Waals surface area contributed by atoms with E-state index in [1.165, 1.54) is 0 Å². The van der Waals surface area contributed by atoms with E-state index >= 15 is 0 Å². The summed E-state index contributed by atoms with van der Waals surface area (Å²) in [5.41, 5.74) is 4.50. The molecule has 0 saturated heterocycles. The first-order chi connectivity index (χ1) is 13.7. The number of rotatable bonds is 4. The molecule has 0 saturated carbocycles. The van der Waals surface area contributed by atoms with Crippen molar-refractivity contribution in [3.05, 3.63) is 64.0 Å². The Balaban J connectivity index is 1.75. The van der Waals surface area contributed by atoms with E-state index in [1.807, 2.05) is 30.5 Å². The number of nitrogens with zero attached hydrogens (tertiary/aromatic N) is 2. The van der Waals surface area contributed by atoms with Crippen LogP contribution >= 0.6 is 23.2 Å². The number of nitrogens with one attached hydrogen (secondary N) is 2. The van der Waals surface area contributed by atoms with Crippen molar-refractivity contribution in [3.63, 3.8) is 0 Å². The van der Waals surface area contributed by atoms with Crippen molar-refractivity contribution >= 4 is 50.2 Å². The summed E-state index contributed by atoms with van der Waals surface area (Å²) >= 11 is 12.9. The van der Waals surface area contributed by atoms with Gasteiger partial charge in [0.2, 0.25) is 0 Å². The van der Waals surface area contributed by atoms with Gasteiger partial charge in [-0.2, -0.15) is 14.4 Å². The normalized spacial score (nSPS) is 13.6. The first-order valence-electron chi connectivity index (χ1n) is 8.78. The van der Waals surface area contributed by atoms with E-state index in [0.717, 1.165) is 27.7 Å². The largest absolute Gasteiger partial charge is 0.361 e. The zero-order chi connectivity index (χ0) is 20.9. The van der Waals surface area contributed by atoms with E-state index in [-0.39, 0.29) is 14.9 Å². The Hall–Kier alpha value is -2.32. The Kier molecular flexibility index (Phi) is 4.94. The molecular formula is C20H19Cl2N4O2S+. The molecule has 9 heteroatoms. The zero-order valence-corrected chi connectivity index (χ0v) is 18.3. The Morgan fingerprint density at radius 1 is 1.10 bits per heavy atom. The molecule has 2 aromatic heterocycles. The highest BCUT2D eigenvalue weighted by Crippen LogP contribution is 2.38. The summed E-state index contributed by atoms with van der Waals surface area (Å²) in [5, 5.41) is 5.53. The summed E-state index contributed by atoms with van der Waals surface area (Å²) in [7, 11) is -1.99. The van der Waals surface area contributed by atoms with Crippen molar-refractivity contribution in [2.45, 2.75) is 18.7 Å². The molecule has 3 N–H and O–H groups in total. The Labute approximate surface area is 179 Å². The third-order valence-electron chi connectivity index (χ3n) is 4.91. The lowest BCUT2D eigenvalue weighted by Crippen LogP contribution is -2.22. The molecule has 0 aliphatic heterocycles. The van der Waals surface area contributed by atoms with Gasteiger partial charge in [0.15, 0.2) is 0 Å². The predicted octanol–water partition coefficient (Wildman–Crippen LogP) is 5.85. The number of halogens is 2. The third kappa shape index (κ3) is 3.55. The number of fused-ring (bicyclic) bond motifs is 1. The van der Waals surface area contributed by atoms with Crippen LogP contribution in [0.1, 0.15) is 11.4 Å². The molecule has 0 spiro atoms. The van der Waals surface area contributed by atoms with Gasteiger partial charge in [-0.1, -0.05) is 29.3 Å². The predicted molar refractivity (Wildman–Crippen MR) is 119 cm³/mol. The van der Waals surface area contributed by atoms with Crippen LogP contribution in [-0.2, 0) is 21.7 Å². The highest BCUT2D eigenvalue weighted by atomic mass is 35.5. The number of hydrogen-bond acceptors (Lipinski definition) is 2. The average molecular weight is 450 g/mol. The monoisotopic (exact) mass is 449 g/mol. The minimum atomic E-state index is -3.75. The highest BCUT2D eigenvalue weighted by molar-refractivity contribution is 7.99. The van der Waals surface area contributed by atoms with Gasteiger partial charge < -0.3 is 4.98 Å². The molecule has 0 radical (unpaired) electrons. The zero-order valence-electron chi connectivity index (χ0n) is 16.0. The fourth-order valence-electron chi connectivity index (χ4n) is 3.33. The second-order valence-electron chi connectivity index (χ2n) is 6.85. The summed E-state index contributed by atoms with van der Waals surface area (Å²) < 4.78 is 28.2. The highest BCUT2D eigenvalue weighted by Gasteiger charge is 2.37. The van der Waals surface area contributed by atoms with Gasteiger partial charge in [0.1, 0.15) is 15.7 Å². The maximum Gasteiger partial charge on any atom is 0.349 e. The third-order valence-corrected chi connectivity index (χ3v) is 7.21. The van der Waals surface area contributed by atoms with Gasteiger partial charge in [0, 0.05) is 18.8 Å². The lowest BCUT2D eigenvalue weighted by atomic mass is 10.0. The molecule has 4 rings (SSSR count). The first kappa shape index (κ1) is 20.0. The minimum absolute atomic E-state index is 0.0463. The summed E-state index contributed by atoms with van der Waals surface area (Å²) in [6.07, 6.45) is 1.87. The van der Waals surface area contributed by atoms with Gasteiger partial charge in [-0.25, -0.2) is 0 Å². The van der Waals surface area contributed by atoms with E-state index in [4.69, 9.17) is 23.2 Å². The minimum Gasteiger partial charge on any atom is -0.361 e. The Bertz CT molecular complexity index is 1270. The van der Waals surface area contributed by atoms with E-state index in [1.54, 1.807) is 37.7 Å². The smallest absolute Gasteiger partial charge is 0.349 e. The van der Waals surface area contributed by atoms with Crippen molar-refractivity contribution < 1.29 is 8.76 Å². The lowest BCUT2D eigenvalue weighted by Gasteiger charge is -2.12. The number of hydrogen-bond donors (Lipinski definition) is 3. The van der Waals surface area contributed by atoms with Crippen LogP contribution in [0.2, 0.25) is 10.0 Å². The lowest BCUT2D eigenvalue weighted by molar-refractivity contribution is 0.503. The number of aromatic nitrogens is 3. The molecule has 0 aliphatic rings. The molecule has 1 unspecified atom stereocenters. The van der Waals surface area contributed by atoms with Crippen LogP contribution < -0.4 is 4.72 Å². The van der Waals surface area contributed by atoms with Gasteiger partial charge in [0.25, 0.3) is 4.90 Å². The van der Waals surface area contributed by atoms with Crippen molar-refractivity contribution in [3.8, 4) is 11.1 Å². The Morgan fingerprint density at radius 2 is 1.79 bits per heavy atom. The summed E-state index contributed by atoms with van der Waals surface area (Å²) in [6.45, 7) is 3.57. The number of anilines is 1. The molecular weight excluding hydrogens is 431 g/mol. The summed E-state index contributed by atoms with van der Waals surface area (Å²) in [5.74, 6) is 0. The van der Waals surface area contributed by atoms with E-state index in [9.17, 15) is 8.76 Å². The molecule has 2 aromatic carbocycles. The standard InChI is InChI=1S/C20H18Cl2N4O2S/c1-11-19(12(2)26(3)24-11)25-29(27,28)20-16(21)9-15(10-17(20)22)13-4-5-18-14(8-13)6-7-23-18/h4-10,23H,1-3H3,(H-,25,27,28)/p+1. The van der Waals surface area contributed by atoms with Gasteiger partial charge >= 0.3 is 10.4 Å². The molecule has 0 fully saturated rings.